The fraction of sp³-hybridized carbons (Fsp3) is 0.429. The molecule has 0 aliphatic heterocycles. The third-order valence-electron chi connectivity index (χ3n) is 1.59. The number of Topliss-reactive ketones (excluding diaryl/α,β-unsaturated/α-hetero) is 1. The Morgan fingerprint density at radius 2 is 2.45 bits per heavy atom. The predicted octanol–water partition coefficient (Wildman–Crippen LogP) is 1.42. The zero-order valence-electron chi connectivity index (χ0n) is 6.50. The van der Waals surface area contributed by atoms with Gasteiger partial charge in [0, 0.05) is 5.38 Å². The molecule has 0 aliphatic rings. The Kier molecular flexibility index (Phi) is 2.24. The van der Waals surface area contributed by atoms with Crippen molar-refractivity contribution >= 4 is 22.3 Å². The lowest BCUT2D eigenvalue weighted by Gasteiger charge is -2.00. The van der Waals surface area contributed by atoms with E-state index in [9.17, 15) is 4.79 Å². The standard InChI is InChI=1S/C7H10N2OS/c1-4(5(2)10)6-3-11-7(8)9-6/h3-4H,1-2H3,(H2,8,9)/t4-/m1/s1. The number of nitrogens with two attached hydrogens (primary N) is 1. The molecule has 0 fully saturated rings. The number of ketones is 1. The number of nitrogens with zero attached hydrogens (tertiary/aromatic N) is 1. The van der Waals surface area contributed by atoms with Crippen molar-refractivity contribution < 1.29 is 4.79 Å². The third kappa shape index (κ3) is 1.77. The van der Waals surface area contributed by atoms with Crippen LogP contribution < -0.4 is 5.73 Å². The molecule has 0 bridgehead atoms. The normalized spacial score (nSPS) is 12.9. The van der Waals surface area contributed by atoms with E-state index in [-0.39, 0.29) is 11.7 Å². The van der Waals surface area contributed by atoms with Gasteiger partial charge in [-0.2, -0.15) is 0 Å². The molecule has 0 unspecified atom stereocenters. The van der Waals surface area contributed by atoms with E-state index >= 15 is 0 Å². The first-order valence-electron chi connectivity index (χ1n) is 3.32. The van der Waals surface area contributed by atoms with Crippen molar-refractivity contribution in [3.8, 4) is 0 Å². The van der Waals surface area contributed by atoms with E-state index in [4.69, 9.17) is 5.73 Å². The van der Waals surface area contributed by atoms with Crippen molar-refractivity contribution in [1.82, 2.24) is 4.98 Å². The minimum atomic E-state index is -0.122. The first-order chi connectivity index (χ1) is 5.11. The molecular formula is C7H10N2OS. The van der Waals surface area contributed by atoms with Crippen LogP contribution in [0.3, 0.4) is 0 Å². The summed E-state index contributed by atoms with van der Waals surface area (Å²) in [6.07, 6.45) is 0. The Balaban J connectivity index is 2.84. The minimum Gasteiger partial charge on any atom is -0.375 e. The Bertz CT molecular complexity index is 269. The summed E-state index contributed by atoms with van der Waals surface area (Å²) >= 11 is 1.36. The van der Waals surface area contributed by atoms with Crippen LogP contribution in [0.25, 0.3) is 0 Å². The summed E-state index contributed by atoms with van der Waals surface area (Å²) in [6, 6.07) is 0. The van der Waals surface area contributed by atoms with Crippen molar-refractivity contribution in [3.63, 3.8) is 0 Å². The van der Waals surface area contributed by atoms with Gasteiger partial charge in [0.05, 0.1) is 11.6 Å². The van der Waals surface area contributed by atoms with Crippen molar-refractivity contribution in [2.75, 3.05) is 5.73 Å². The third-order valence-corrected chi connectivity index (χ3v) is 2.29. The summed E-state index contributed by atoms with van der Waals surface area (Å²) in [6.45, 7) is 3.39. The maximum Gasteiger partial charge on any atom is 0.180 e. The van der Waals surface area contributed by atoms with Crippen molar-refractivity contribution in [2.45, 2.75) is 19.8 Å². The van der Waals surface area contributed by atoms with Gasteiger partial charge in [-0.3, -0.25) is 4.79 Å². The summed E-state index contributed by atoms with van der Waals surface area (Å²) in [4.78, 5) is 14.9. The molecule has 1 rings (SSSR count). The molecule has 2 N–H and O–H groups in total. The van der Waals surface area contributed by atoms with Crippen molar-refractivity contribution in [1.29, 1.82) is 0 Å². The number of aromatic nitrogens is 1. The van der Waals surface area contributed by atoms with E-state index in [1.165, 1.54) is 11.3 Å². The topological polar surface area (TPSA) is 56.0 Å². The molecule has 1 atom stereocenters. The van der Waals surface area contributed by atoms with Gasteiger partial charge in [0.15, 0.2) is 5.13 Å². The monoisotopic (exact) mass is 170 g/mol. The van der Waals surface area contributed by atoms with Crippen molar-refractivity contribution in [2.24, 2.45) is 0 Å². The number of anilines is 1. The van der Waals surface area contributed by atoms with Crippen LogP contribution in [0.15, 0.2) is 5.38 Å². The maximum atomic E-state index is 10.9. The van der Waals surface area contributed by atoms with Crippen LogP contribution in [-0.2, 0) is 4.79 Å². The fourth-order valence-corrected chi connectivity index (χ4v) is 1.36. The highest BCUT2D eigenvalue weighted by molar-refractivity contribution is 7.13. The SMILES string of the molecule is CC(=O)[C@@H](C)c1csc(N)n1. The molecule has 0 saturated heterocycles. The quantitative estimate of drug-likeness (QED) is 0.730. The average molecular weight is 170 g/mol. The summed E-state index contributed by atoms with van der Waals surface area (Å²) in [5.74, 6) is -0.00106. The molecule has 4 heteroatoms. The smallest absolute Gasteiger partial charge is 0.180 e. The number of carbonyl (C=O) groups excluding carboxylic acids is 1. The van der Waals surface area contributed by atoms with E-state index in [0.717, 1.165) is 5.69 Å². The van der Waals surface area contributed by atoms with Gasteiger partial charge in [0.25, 0.3) is 0 Å². The molecular weight excluding hydrogens is 160 g/mol. The van der Waals surface area contributed by atoms with Crippen LogP contribution in [0, 0.1) is 0 Å². The molecule has 0 amide bonds. The second-order valence-electron chi connectivity index (χ2n) is 2.44. The zero-order valence-corrected chi connectivity index (χ0v) is 7.31. The van der Waals surface area contributed by atoms with Crippen LogP contribution in [-0.4, -0.2) is 10.8 Å². The highest BCUT2D eigenvalue weighted by atomic mass is 32.1. The lowest BCUT2D eigenvalue weighted by atomic mass is 10.1. The minimum absolute atomic E-state index is 0.121. The molecule has 60 valence electrons. The number of thiazole rings is 1. The fourth-order valence-electron chi connectivity index (χ4n) is 0.708. The molecule has 1 aromatic rings. The average Bonchev–Trinajstić information content (AvgIpc) is 2.34. The van der Waals surface area contributed by atoms with Gasteiger partial charge in [0.2, 0.25) is 0 Å². The van der Waals surface area contributed by atoms with Gasteiger partial charge < -0.3 is 5.73 Å². The van der Waals surface area contributed by atoms with Crippen molar-refractivity contribution in [3.05, 3.63) is 11.1 Å². The number of hydrogen-bond donors (Lipinski definition) is 1. The maximum absolute atomic E-state index is 10.9. The second-order valence-corrected chi connectivity index (χ2v) is 3.33. The number of nitrogen functional groups attached to an aromatic ring is 1. The van der Waals surface area contributed by atoms with E-state index < -0.39 is 0 Å². The Hall–Kier alpha value is -0.900. The zero-order chi connectivity index (χ0) is 8.43. The van der Waals surface area contributed by atoms with Gasteiger partial charge in [-0.15, -0.1) is 11.3 Å². The highest BCUT2D eigenvalue weighted by Crippen LogP contribution is 2.19. The molecule has 11 heavy (non-hydrogen) atoms. The first kappa shape index (κ1) is 8.20. The molecule has 1 heterocycles. The van der Waals surface area contributed by atoms with Crippen LogP contribution in [0.2, 0.25) is 0 Å². The Morgan fingerprint density at radius 3 is 2.82 bits per heavy atom. The van der Waals surface area contributed by atoms with Crippen LogP contribution in [0.4, 0.5) is 5.13 Å². The predicted molar refractivity (Wildman–Crippen MR) is 45.6 cm³/mol. The van der Waals surface area contributed by atoms with Gasteiger partial charge in [-0.25, -0.2) is 4.98 Å². The molecule has 0 radical (unpaired) electrons. The van der Waals surface area contributed by atoms with Gasteiger partial charge in [-0.1, -0.05) is 0 Å². The van der Waals surface area contributed by atoms with E-state index in [0.29, 0.717) is 5.13 Å². The largest absolute Gasteiger partial charge is 0.375 e. The molecule has 0 aliphatic carbocycles. The molecule has 0 aromatic carbocycles. The van der Waals surface area contributed by atoms with E-state index in [1.807, 2.05) is 12.3 Å². The molecule has 0 spiro atoms. The summed E-state index contributed by atoms with van der Waals surface area (Å²) in [5, 5.41) is 2.34. The lowest BCUT2D eigenvalue weighted by molar-refractivity contribution is -0.118. The Morgan fingerprint density at radius 1 is 1.82 bits per heavy atom. The molecule has 3 nitrogen and oxygen atoms in total. The second kappa shape index (κ2) is 3.00. The highest BCUT2D eigenvalue weighted by Gasteiger charge is 2.12. The molecule has 1 aromatic heterocycles. The lowest BCUT2D eigenvalue weighted by Crippen LogP contribution is -2.04. The number of hydrogen-bond acceptors (Lipinski definition) is 4. The van der Waals surface area contributed by atoms with Crippen LogP contribution >= 0.6 is 11.3 Å². The van der Waals surface area contributed by atoms with E-state index in [1.54, 1.807) is 6.92 Å². The molecule has 0 saturated carbocycles. The first-order valence-corrected chi connectivity index (χ1v) is 4.20. The summed E-state index contributed by atoms with van der Waals surface area (Å²) in [7, 11) is 0. The summed E-state index contributed by atoms with van der Waals surface area (Å²) < 4.78 is 0. The van der Waals surface area contributed by atoms with Gasteiger partial charge in [-0.05, 0) is 13.8 Å². The number of rotatable bonds is 2. The van der Waals surface area contributed by atoms with Crippen LogP contribution in [0.1, 0.15) is 25.5 Å². The number of carbonyl (C=O) groups is 1. The Labute approximate surface area is 69.3 Å². The summed E-state index contributed by atoms with van der Waals surface area (Å²) in [5.41, 5.74) is 6.19. The van der Waals surface area contributed by atoms with Crippen LogP contribution in [0.5, 0.6) is 0 Å². The van der Waals surface area contributed by atoms with Gasteiger partial charge in [0.1, 0.15) is 5.78 Å². The van der Waals surface area contributed by atoms with E-state index in [2.05, 4.69) is 4.98 Å². The van der Waals surface area contributed by atoms with Gasteiger partial charge >= 0.3 is 0 Å².